The van der Waals surface area contributed by atoms with Gasteiger partial charge in [0.25, 0.3) is 5.91 Å². The van der Waals surface area contributed by atoms with E-state index in [1.807, 2.05) is 23.5 Å². The lowest BCUT2D eigenvalue weighted by molar-refractivity contribution is -0.127. The fraction of sp³-hybridized carbons (Fsp3) is 0.167. The summed E-state index contributed by atoms with van der Waals surface area (Å²) in [5, 5.41) is 4.28. The van der Waals surface area contributed by atoms with Gasteiger partial charge in [-0.05, 0) is 37.3 Å². The fourth-order valence-electron chi connectivity index (χ4n) is 1.87. The van der Waals surface area contributed by atoms with Crippen LogP contribution in [0.15, 0.2) is 54.6 Å². The van der Waals surface area contributed by atoms with Gasteiger partial charge in [0.2, 0.25) is 0 Å². The number of benzene rings is 2. The fourth-order valence-corrected chi connectivity index (χ4v) is 1.87. The van der Waals surface area contributed by atoms with Gasteiger partial charge >= 0.3 is 12.0 Å². The Kier molecular flexibility index (Phi) is 6.11. The average molecular weight is 342 g/mol. The number of amides is 3. The van der Waals surface area contributed by atoms with Crippen LogP contribution in [0.3, 0.4) is 0 Å². The van der Waals surface area contributed by atoms with Gasteiger partial charge in [-0.25, -0.2) is 9.59 Å². The Hall–Kier alpha value is -3.35. The first kappa shape index (κ1) is 18.0. The van der Waals surface area contributed by atoms with Crippen LogP contribution in [0.25, 0.3) is 0 Å². The normalized spacial score (nSPS) is 11.1. The molecular formula is C18H18N2O5. The van der Waals surface area contributed by atoms with E-state index in [1.165, 1.54) is 20.0 Å². The highest BCUT2D eigenvalue weighted by atomic mass is 16.5. The molecule has 0 aliphatic heterocycles. The molecule has 0 fully saturated rings. The maximum absolute atomic E-state index is 12.2. The number of nitrogens with one attached hydrogen (secondary N) is 2. The van der Waals surface area contributed by atoms with Crippen LogP contribution in [0, 0.1) is 0 Å². The zero-order valence-electron chi connectivity index (χ0n) is 13.8. The second-order valence-corrected chi connectivity index (χ2v) is 5.06. The van der Waals surface area contributed by atoms with Crippen LogP contribution in [0.2, 0.25) is 0 Å². The third kappa shape index (κ3) is 5.35. The van der Waals surface area contributed by atoms with Crippen LogP contribution in [0.1, 0.15) is 17.3 Å². The summed E-state index contributed by atoms with van der Waals surface area (Å²) in [6, 6.07) is 14.8. The average Bonchev–Trinajstić information content (AvgIpc) is 2.62. The molecule has 0 bridgehead atoms. The molecule has 7 nitrogen and oxygen atoms in total. The highest BCUT2D eigenvalue weighted by Crippen LogP contribution is 2.22. The van der Waals surface area contributed by atoms with Crippen molar-refractivity contribution in [3.8, 4) is 11.5 Å². The quantitative estimate of drug-likeness (QED) is 0.814. The zero-order chi connectivity index (χ0) is 18.2. The minimum atomic E-state index is -1.12. The molecule has 2 aromatic rings. The first-order valence-corrected chi connectivity index (χ1v) is 7.56. The van der Waals surface area contributed by atoms with E-state index in [0.717, 1.165) is 0 Å². The molecule has 0 saturated carbocycles. The predicted molar refractivity (Wildman–Crippen MR) is 90.4 cm³/mol. The van der Waals surface area contributed by atoms with E-state index in [4.69, 9.17) is 9.47 Å². The number of carbonyl (C=O) groups excluding carboxylic acids is 3. The molecule has 1 atom stereocenters. The van der Waals surface area contributed by atoms with Gasteiger partial charge in [-0.1, -0.05) is 24.3 Å². The van der Waals surface area contributed by atoms with Crippen molar-refractivity contribution in [3.05, 3.63) is 60.2 Å². The van der Waals surface area contributed by atoms with Gasteiger partial charge in [0.15, 0.2) is 6.10 Å². The third-order valence-corrected chi connectivity index (χ3v) is 3.17. The molecule has 25 heavy (non-hydrogen) atoms. The number of carbonyl (C=O) groups is 3. The van der Waals surface area contributed by atoms with Crippen LogP contribution >= 0.6 is 0 Å². The Morgan fingerprint density at radius 1 is 0.960 bits per heavy atom. The summed E-state index contributed by atoms with van der Waals surface area (Å²) >= 11 is 0. The Bertz CT molecular complexity index is 761. The first-order chi connectivity index (χ1) is 12.0. The van der Waals surface area contributed by atoms with Crippen molar-refractivity contribution in [1.29, 1.82) is 0 Å². The minimum Gasteiger partial charge on any atom is -0.457 e. The molecular weight excluding hydrogens is 324 g/mol. The summed E-state index contributed by atoms with van der Waals surface area (Å²) in [4.78, 5) is 35.0. The Labute approximate surface area is 144 Å². The van der Waals surface area contributed by atoms with Crippen LogP contribution in [0.4, 0.5) is 4.79 Å². The topological polar surface area (TPSA) is 93.7 Å². The molecule has 2 rings (SSSR count). The minimum absolute atomic E-state index is 0.230. The van der Waals surface area contributed by atoms with Crippen molar-refractivity contribution in [3.63, 3.8) is 0 Å². The molecule has 0 spiro atoms. The maximum Gasteiger partial charge on any atom is 0.339 e. The van der Waals surface area contributed by atoms with Gasteiger partial charge in [0.05, 0.1) is 5.56 Å². The second kappa shape index (κ2) is 8.49. The molecule has 0 saturated heterocycles. The summed E-state index contributed by atoms with van der Waals surface area (Å²) in [5.74, 6) is -0.322. The SMILES string of the molecule is CNC(=O)NC(=O)[C@@H](C)OC(=O)c1cccc(Oc2ccccc2)c1. The number of para-hydroxylation sites is 1. The smallest absolute Gasteiger partial charge is 0.339 e. The summed E-state index contributed by atoms with van der Waals surface area (Å²) in [7, 11) is 1.37. The number of esters is 1. The van der Waals surface area contributed by atoms with Crippen LogP contribution in [-0.2, 0) is 9.53 Å². The summed E-state index contributed by atoms with van der Waals surface area (Å²) in [6.07, 6.45) is -1.12. The standard InChI is InChI=1S/C18H18N2O5/c1-12(16(21)20-18(23)19-2)24-17(22)13-7-6-10-15(11-13)25-14-8-4-3-5-9-14/h3-12H,1-2H3,(H2,19,20,21,23)/t12-/m1/s1. The number of hydrogen-bond acceptors (Lipinski definition) is 5. The molecule has 2 N–H and O–H groups in total. The highest BCUT2D eigenvalue weighted by Gasteiger charge is 2.20. The van der Waals surface area contributed by atoms with Crippen LogP contribution < -0.4 is 15.4 Å². The molecule has 0 heterocycles. The molecule has 0 aliphatic rings. The molecule has 0 aliphatic carbocycles. The predicted octanol–water partition coefficient (Wildman–Crippen LogP) is 2.48. The largest absolute Gasteiger partial charge is 0.457 e. The van der Waals surface area contributed by atoms with Crippen molar-refractivity contribution < 1.29 is 23.9 Å². The van der Waals surface area contributed by atoms with Crippen molar-refractivity contribution in [2.24, 2.45) is 0 Å². The van der Waals surface area contributed by atoms with E-state index in [2.05, 4.69) is 5.32 Å². The lowest BCUT2D eigenvalue weighted by atomic mass is 10.2. The Morgan fingerprint density at radius 3 is 2.32 bits per heavy atom. The van der Waals surface area contributed by atoms with Crippen molar-refractivity contribution in [2.75, 3.05) is 7.05 Å². The molecule has 130 valence electrons. The summed E-state index contributed by atoms with van der Waals surface area (Å²) < 4.78 is 10.7. The molecule has 0 radical (unpaired) electrons. The second-order valence-electron chi connectivity index (χ2n) is 5.06. The number of imide groups is 1. The Balaban J connectivity index is 2.01. The Morgan fingerprint density at radius 2 is 1.64 bits per heavy atom. The van der Waals surface area contributed by atoms with Gasteiger partial charge in [-0.2, -0.15) is 0 Å². The van der Waals surface area contributed by atoms with Gasteiger partial charge in [-0.15, -0.1) is 0 Å². The molecule has 2 aromatic carbocycles. The molecule has 3 amide bonds. The van der Waals surface area contributed by atoms with E-state index in [9.17, 15) is 14.4 Å². The third-order valence-electron chi connectivity index (χ3n) is 3.17. The molecule has 0 aromatic heterocycles. The molecule has 0 unspecified atom stereocenters. The van der Waals surface area contributed by atoms with Crippen molar-refractivity contribution in [2.45, 2.75) is 13.0 Å². The van der Waals surface area contributed by atoms with Gasteiger partial charge in [-0.3, -0.25) is 10.1 Å². The monoisotopic (exact) mass is 342 g/mol. The van der Waals surface area contributed by atoms with E-state index in [1.54, 1.807) is 30.3 Å². The van der Waals surface area contributed by atoms with E-state index < -0.39 is 24.0 Å². The molecule has 7 heteroatoms. The maximum atomic E-state index is 12.2. The number of rotatable bonds is 5. The van der Waals surface area contributed by atoms with E-state index >= 15 is 0 Å². The van der Waals surface area contributed by atoms with E-state index in [-0.39, 0.29) is 5.56 Å². The summed E-state index contributed by atoms with van der Waals surface area (Å²) in [5.41, 5.74) is 0.230. The first-order valence-electron chi connectivity index (χ1n) is 7.56. The van der Waals surface area contributed by atoms with Gasteiger partial charge in [0, 0.05) is 7.05 Å². The number of ether oxygens (including phenoxy) is 2. The van der Waals surface area contributed by atoms with Gasteiger partial charge in [0.1, 0.15) is 11.5 Å². The van der Waals surface area contributed by atoms with Gasteiger partial charge < -0.3 is 14.8 Å². The number of hydrogen-bond donors (Lipinski definition) is 2. The van der Waals surface area contributed by atoms with E-state index in [0.29, 0.717) is 11.5 Å². The van der Waals surface area contributed by atoms with Crippen molar-refractivity contribution in [1.82, 2.24) is 10.6 Å². The van der Waals surface area contributed by atoms with Crippen molar-refractivity contribution >= 4 is 17.9 Å². The lowest BCUT2D eigenvalue weighted by Gasteiger charge is -2.13. The zero-order valence-corrected chi connectivity index (χ0v) is 13.8. The summed E-state index contributed by atoms with van der Waals surface area (Å²) in [6.45, 7) is 1.38. The number of urea groups is 1. The van der Waals surface area contributed by atoms with Crippen LogP contribution in [-0.4, -0.2) is 31.1 Å². The lowest BCUT2D eigenvalue weighted by Crippen LogP contribution is -2.43. The van der Waals surface area contributed by atoms with Crippen LogP contribution in [0.5, 0.6) is 11.5 Å². The highest BCUT2D eigenvalue weighted by molar-refractivity contribution is 5.98.